The minimum atomic E-state index is -0.609. The molecule has 0 fully saturated rings. The lowest BCUT2D eigenvalue weighted by molar-refractivity contribution is -0.122. The van der Waals surface area contributed by atoms with Crippen LogP contribution < -0.4 is 10.6 Å². The lowest BCUT2D eigenvalue weighted by Gasteiger charge is -2.13. The fourth-order valence-electron chi connectivity index (χ4n) is 1.23. The van der Waals surface area contributed by atoms with Crippen LogP contribution in [0.3, 0.4) is 0 Å². The molecule has 0 saturated heterocycles. The Labute approximate surface area is 113 Å². The first-order chi connectivity index (χ1) is 7.95. The van der Waals surface area contributed by atoms with E-state index >= 15 is 0 Å². The zero-order valence-corrected chi connectivity index (χ0v) is 11.7. The fraction of sp³-hybridized carbons (Fsp3) is 0.273. The average Bonchev–Trinajstić information content (AvgIpc) is 2.30. The molecule has 1 rings (SSSR count). The third kappa shape index (κ3) is 3.71. The quantitative estimate of drug-likeness (QED) is 0.895. The number of amides is 2. The van der Waals surface area contributed by atoms with E-state index in [4.69, 9.17) is 11.6 Å². The van der Waals surface area contributed by atoms with E-state index in [2.05, 4.69) is 26.6 Å². The Morgan fingerprint density at radius 1 is 1.41 bits per heavy atom. The van der Waals surface area contributed by atoms with Gasteiger partial charge < -0.3 is 10.6 Å². The molecule has 1 aromatic rings. The van der Waals surface area contributed by atoms with Crippen molar-refractivity contribution in [2.45, 2.75) is 13.0 Å². The highest BCUT2D eigenvalue weighted by Crippen LogP contribution is 2.20. The summed E-state index contributed by atoms with van der Waals surface area (Å²) < 4.78 is 0.750. The minimum absolute atomic E-state index is 0.260. The van der Waals surface area contributed by atoms with E-state index < -0.39 is 6.04 Å². The second kappa shape index (κ2) is 6.02. The van der Waals surface area contributed by atoms with E-state index in [0.29, 0.717) is 10.6 Å². The third-order valence-corrected chi connectivity index (χ3v) is 2.98. The molecule has 0 aliphatic rings. The van der Waals surface area contributed by atoms with Crippen LogP contribution in [0.4, 0.5) is 0 Å². The third-order valence-electron chi connectivity index (χ3n) is 2.16. The fourth-order valence-corrected chi connectivity index (χ4v) is 1.79. The number of nitrogens with one attached hydrogen (secondary N) is 2. The summed E-state index contributed by atoms with van der Waals surface area (Å²) >= 11 is 9.16. The maximum atomic E-state index is 11.9. The van der Waals surface area contributed by atoms with Gasteiger partial charge in [-0.15, -0.1) is 0 Å². The summed E-state index contributed by atoms with van der Waals surface area (Å²) in [6.45, 7) is 1.60. The van der Waals surface area contributed by atoms with Crippen LogP contribution in [0.25, 0.3) is 0 Å². The molecule has 0 aliphatic carbocycles. The molecule has 0 aromatic heterocycles. The summed E-state index contributed by atoms with van der Waals surface area (Å²) in [5.74, 6) is -0.642. The molecule has 1 atom stereocenters. The van der Waals surface area contributed by atoms with Gasteiger partial charge in [0.1, 0.15) is 6.04 Å². The van der Waals surface area contributed by atoms with Crippen molar-refractivity contribution < 1.29 is 9.59 Å². The second-order valence-corrected chi connectivity index (χ2v) is 4.76. The largest absolute Gasteiger partial charge is 0.357 e. The number of benzene rings is 1. The maximum absolute atomic E-state index is 11.9. The average molecular weight is 320 g/mol. The highest BCUT2D eigenvalue weighted by molar-refractivity contribution is 9.10. The van der Waals surface area contributed by atoms with Gasteiger partial charge in [-0.1, -0.05) is 27.5 Å². The van der Waals surface area contributed by atoms with Gasteiger partial charge >= 0.3 is 0 Å². The van der Waals surface area contributed by atoms with Crippen LogP contribution in [0.5, 0.6) is 0 Å². The molecule has 0 bridgehead atoms. The van der Waals surface area contributed by atoms with E-state index in [9.17, 15) is 9.59 Å². The number of rotatable bonds is 3. The van der Waals surface area contributed by atoms with Gasteiger partial charge in [0.2, 0.25) is 5.91 Å². The van der Waals surface area contributed by atoms with Crippen molar-refractivity contribution in [3.05, 3.63) is 33.3 Å². The highest BCUT2D eigenvalue weighted by Gasteiger charge is 2.17. The second-order valence-electron chi connectivity index (χ2n) is 3.43. The van der Waals surface area contributed by atoms with Crippen LogP contribution in [0, 0.1) is 0 Å². The number of carbonyl (C=O) groups excluding carboxylic acids is 2. The molecule has 1 aromatic carbocycles. The molecule has 0 spiro atoms. The molecule has 0 heterocycles. The van der Waals surface area contributed by atoms with E-state index in [1.807, 2.05) is 0 Å². The van der Waals surface area contributed by atoms with Crippen LogP contribution >= 0.6 is 27.5 Å². The molecule has 92 valence electrons. The summed E-state index contributed by atoms with van der Waals surface area (Å²) in [6.07, 6.45) is 0. The Bertz CT molecular complexity index is 451. The molecule has 17 heavy (non-hydrogen) atoms. The maximum Gasteiger partial charge on any atom is 0.253 e. The molecule has 4 nitrogen and oxygen atoms in total. The predicted octanol–water partition coefficient (Wildman–Crippen LogP) is 1.97. The van der Waals surface area contributed by atoms with Gasteiger partial charge in [-0.05, 0) is 25.1 Å². The molecule has 2 N–H and O–H groups in total. The Hall–Kier alpha value is -1.07. The minimum Gasteiger partial charge on any atom is -0.357 e. The summed E-state index contributed by atoms with van der Waals surface area (Å²) in [4.78, 5) is 23.1. The van der Waals surface area contributed by atoms with E-state index in [0.717, 1.165) is 4.47 Å². The lowest BCUT2D eigenvalue weighted by atomic mass is 10.2. The van der Waals surface area contributed by atoms with Crippen LogP contribution in [-0.2, 0) is 4.79 Å². The number of hydrogen-bond donors (Lipinski definition) is 2. The van der Waals surface area contributed by atoms with Crippen LogP contribution in [0.2, 0.25) is 5.02 Å². The smallest absolute Gasteiger partial charge is 0.253 e. The summed E-state index contributed by atoms with van der Waals surface area (Å²) in [6, 6.07) is 4.35. The molecule has 0 radical (unpaired) electrons. The zero-order chi connectivity index (χ0) is 13.0. The standard InChI is InChI=1S/C11H12BrClN2O2/c1-6(10(16)14-2)15-11(17)8-5-7(12)3-4-9(8)13/h3-6H,1-2H3,(H,14,16)(H,15,17). The topological polar surface area (TPSA) is 58.2 Å². The van der Waals surface area contributed by atoms with Crippen molar-refractivity contribution in [1.82, 2.24) is 10.6 Å². The molecule has 0 aliphatic heterocycles. The molecule has 6 heteroatoms. The first-order valence-electron chi connectivity index (χ1n) is 4.93. The normalized spacial score (nSPS) is 11.8. The van der Waals surface area contributed by atoms with Crippen molar-refractivity contribution in [1.29, 1.82) is 0 Å². The van der Waals surface area contributed by atoms with Gasteiger partial charge in [0.15, 0.2) is 0 Å². The summed E-state index contributed by atoms with van der Waals surface area (Å²) in [7, 11) is 1.51. The van der Waals surface area contributed by atoms with Gasteiger partial charge in [0.25, 0.3) is 5.91 Å². The van der Waals surface area contributed by atoms with E-state index in [-0.39, 0.29) is 11.8 Å². The number of likely N-dealkylation sites (N-methyl/N-ethyl adjacent to an activating group) is 1. The Balaban J connectivity index is 2.83. The Kier molecular flexibility index (Phi) is 4.96. The zero-order valence-electron chi connectivity index (χ0n) is 9.38. The van der Waals surface area contributed by atoms with Gasteiger partial charge in [0, 0.05) is 11.5 Å². The van der Waals surface area contributed by atoms with Crippen molar-refractivity contribution in [2.75, 3.05) is 7.05 Å². The molecule has 2 amide bonds. The van der Waals surface area contributed by atoms with Crippen molar-refractivity contribution >= 4 is 39.3 Å². The highest BCUT2D eigenvalue weighted by atomic mass is 79.9. The van der Waals surface area contributed by atoms with Gasteiger partial charge in [-0.25, -0.2) is 0 Å². The Morgan fingerprint density at radius 3 is 2.65 bits per heavy atom. The first kappa shape index (κ1) is 14.0. The van der Waals surface area contributed by atoms with Crippen molar-refractivity contribution in [2.24, 2.45) is 0 Å². The number of hydrogen-bond acceptors (Lipinski definition) is 2. The van der Waals surface area contributed by atoms with Gasteiger partial charge in [-0.2, -0.15) is 0 Å². The molecular formula is C11H12BrClN2O2. The summed E-state index contributed by atoms with van der Waals surface area (Å²) in [5.41, 5.74) is 0.330. The Morgan fingerprint density at radius 2 is 2.06 bits per heavy atom. The van der Waals surface area contributed by atoms with Gasteiger partial charge in [-0.3, -0.25) is 9.59 Å². The van der Waals surface area contributed by atoms with Crippen LogP contribution in [-0.4, -0.2) is 24.9 Å². The monoisotopic (exact) mass is 318 g/mol. The molecular weight excluding hydrogens is 307 g/mol. The van der Waals surface area contributed by atoms with Crippen LogP contribution in [0.15, 0.2) is 22.7 Å². The first-order valence-corrected chi connectivity index (χ1v) is 6.10. The number of halogens is 2. The predicted molar refractivity (Wildman–Crippen MR) is 70.1 cm³/mol. The lowest BCUT2D eigenvalue weighted by Crippen LogP contribution is -2.43. The van der Waals surface area contributed by atoms with E-state index in [1.165, 1.54) is 7.05 Å². The van der Waals surface area contributed by atoms with Gasteiger partial charge in [0.05, 0.1) is 10.6 Å². The van der Waals surface area contributed by atoms with E-state index in [1.54, 1.807) is 25.1 Å². The van der Waals surface area contributed by atoms with Crippen LogP contribution in [0.1, 0.15) is 17.3 Å². The molecule has 1 unspecified atom stereocenters. The number of carbonyl (C=O) groups is 2. The summed E-state index contributed by atoms with van der Waals surface area (Å²) in [5, 5.41) is 5.35. The SMILES string of the molecule is CNC(=O)C(C)NC(=O)c1cc(Br)ccc1Cl. The van der Waals surface area contributed by atoms with Crippen molar-refractivity contribution in [3.8, 4) is 0 Å². The van der Waals surface area contributed by atoms with Crippen molar-refractivity contribution in [3.63, 3.8) is 0 Å². The molecule has 0 saturated carbocycles.